The van der Waals surface area contributed by atoms with Crippen molar-refractivity contribution in [1.82, 2.24) is 0 Å². The number of nitriles is 1. The van der Waals surface area contributed by atoms with Crippen LogP contribution >= 0.6 is 12.6 Å². The van der Waals surface area contributed by atoms with Gasteiger partial charge in [0.05, 0.1) is 11.6 Å². The van der Waals surface area contributed by atoms with Crippen LogP contribution in [0.25, 0.3) is 10.8 Å². The van der Waals surface area contributed by atoms with Crippen LogP contribution in [0, 0.1) is 11.3 Å². The standard InChI is InChI=1S/C11H7NS/c12-7-8-1-2-10-6-11(13)4-3-9(10)5-8/h1-6,13H. The molecule has 0 fully saturated rings. The van der Waals surface area contributed by atoms with Crippen molar-refractivity contribution in [2.24, 2.45) is 0 Å². The molecule has 1 nitrogen and oxygen atoms in total. The smallest absolute Gasteiger partial charge is 0.0991 e. The quantitative estimate of drug-likeness (QED) is 0.627. The molecule has 0 unspecified atom stereocenters. The fourth-order valence-corrected chi connectivity index (χ4v) is 1.52. The van der Waals surface area contributed by atoms with Crippen LogP contribution in [0.3, 0.4) is 0 Å². The Labute approximate surface area is 82.0 Å². The zero-order chi connectivity index (χ0) is 9.26. The van der Waals surface area contributed by atoms with Gasteiger partial charge in [-0.05, 0) is 35.0 Å². The number of hydrogen-bond donors (Lipinski definition) is 1. The van der Waals surface area contributed by atoms with Crippen LogP contribution < -0.4 is 0 Å². The van der Waals surface area contributed by atoms with Crippen LogP contribution in [0.15, 0.2) is 41.3 Å². The van der Waals surface area contributed by atoms with Crippen LogP contribution in [-0.4, -0.2) is 0 Å². The van der Waals surface area contributed by atoms with Gasteiger partial charge >= 0.3 is 0 Å². The van der Waals surface area contributed by atoms with E-state index in [0.29, 0.717) is 5.56 Å². The van der Waals surface area contributed by atoms with Gasteiger partial charge in [0, 0.05) is 4.90 Å². The van der Waals surface area contributed by atoms with E-state index in [4.69, 9.17) is 5.26 Å². The van der Waals surface area contributed by atoms with Gasteiger partial charge in [-0.15, -0.1) is 12.6 Å². The summed E-state index contributed by atoms with van der Waals surface area (Å²) in [6.07, 6.45) is 0. The third-order valence-electron chi connectivity index (χ3n) is 1.95. The van der Waals surface area contributed by atoms with Gasteiger partial charge in [-0.1, -0.05) is 12.1 Å². The first-order valence-corrected chi connectivity index (χ1v) is 4.37. The van der Waals surface area contributed by atoms with Crippen molar-refractivity contribution in [1.29, 1.82) is 5.26 Å². The van der Waals surface area contributed by atoms with Gasteiger partial charge in [-0.2, -0.15) is 5.26 Å². The average molecular weight is 185 g/mol. The van der Waals surface area contributed by atoms with E-state index in [2.05, 4.69) is 18.7 Å². The van der Waals surface area contributed by atoms with Crippen LogP contribution in [0.1, 0.15) is 5.56 Å². The Morgan fingerprint density at radius 2 is 1.69 bits per heavy atom. The van der Waals surface area contributed by atoms with Gasteiger partial charge in [0.2, 0.25) is 0 Å². The monoisotopic (exact) mass is 185 g/mol. The highest BCUT2D eigenvalue weighted by molar-refractivity contribution is 7.80. The third-order valence-corrected chi connectivity index (χ3v) is 2.23. The minimum absolute atomic E-state index is 0.694. The lowest BCUT2D eigenvalue weighted by Crippen LogP contribution is -1.76. The van der Waals surface area contributed by atoms with Crippen molar-refractivity contribution in [2.75, 3.05) is 0 Å². The van der Waals surface area contributed by atoms with Crippen molar-refractivity contribution in [3.8, 4) is 6.07 Å². The van der Waals surface area contributed by atoms with Gasteiger partial charge in [0.25, 0.3) is 0 Å². The molecule has 0 heterocycles. The largest absolute Gasteiger partial charge is 0.192 e. The van der Waals surface area contributed by atoms with Gasteiger partial charge in [-0.25, -0.2) is 0 Å². The molecule has 0 aliphatic rings. The topological polar surface area (TPSA) is 23.8 Å². The fourth-order valence-electron chi connectivity index (χ4n) is 1.30. The van der Waals surface area contributed by atoms with Gasteiger partial charge in [0.15, 0.2) is 0 Å². The second-order valence-corrected chi connectivity index (χ2v) is 3.37. The van der Waals surface area contributed by atoms with Gasteiger partial charge in [0.1, 0.15) is 0 Å². The number of benzene rings is 2. The highest BCUT2D eigenvalue weighted by Gasteiger charge is 1.95. The van der Waals surface area contributed by atoms with E-state index >= 15 is 0 Å². The molecule has 0 N–H and O–H groups in total. The van der Waals surface area contributed by atoms with Gasteiger partial charge < -0.3 is 0 Å². The summed E-state index contributed by atoms with van der Waals surface area (Å²) in [4.78, 5) is 0.942. The summed E-state index contributed by atoms with van der Waals surface area (Å²) in [5.74, 6) is 0. The SMILES string of the molecule is N#Cc1ccc2cc(S)ccc2c1. The second kappa shape index (κ2) is 3.12. The molecular formula is C11H7NS. The lowest BCUT2D eigenvalue weighted by atomic mass is 10.1. The molecule has 2 rings (SSSR count). The van der Waals surface area contributed by atoms with Crippen molar-refractivity contribution >= 4 is 23.4 Å². The normalized spacial score (nSPS) is 9.85. The maximum atomic E-state index is 8.69. The molecular weight excluding hydrogens is 178 g/mol. The van der Waals surface area contributed by atoms with Crippen molar-refractivity contribution in [2.45, 2.75) is 4.90 Å². The van der Waals surface area contributed by atoms with Crippen molar-refractivity contribution in [3.05, 3.63) is 42.0 Å². The lowest BCUT2D eigenvalue weighted by Gasteiger charge is -1.98. The number of hydrogen-bond acceptors (Lipinski definition) is 2. The molecule has 2 heteroatoms. The van der Waals surface area contributed by atoms with Crippen molar-refractivity contribution in [3.63, 3.8) is 0 Å². The predicted octanol–water partition coefficient (Wildman–Crippen LogP) is 3.00. The Morgan fingerprint density at radius 1 is 1.00 bits per heavy atom. The number of nitrogens with zero attached hydrogens (tertiary/aromatic N) is 1. The molecule has 0 amide bonds. The summed E-state index contributed by atoms with van der Waals surface area (Å²) >= 11 is 4.24. The molecule has 0 aliphatic heterocycles. The number of rotatable bonds is 0. The summed E-state index contributed by atoms with van der Waals surface area (Å²) < 4.78 is 0. The van der Waals surface area contributed by atoms with E-state index in [9.17, 15) is 0 Å². The molecule has 0 saturated heterocycles. The molecule has 0 aliphatic carbocycles. The molecule has 13 heavy (non-hydrogen) atoms. The Morgan fingerprint density at radius 3 is 2.46 bits per heavy atom. The summed E-state index contributed by atoms with van der Waals surface area (Å²) in [5, 5.41) is 10.9. The Bertz CT molecular complexity index is 497. The first-order chi connectivity index (χ1) is 6.29. The highest BCUT2D eigenvalue weighted by atomic mass is 32.1. The minimum Gasteiger partial charge on any atom is -0.192 e. The van der Waals surface area contributed by atoms with E-state index in [1.54, 1.807) is 0 Å². The zero-order valence-electron chi connectivity index (χ0n) is 6.86. The molecule has 2 aromatic rings. The van der Waals surface area contributed by atoms with E-state index < -0.39 is 0 Å². The first kappa shape index (κ1) is 8.15. The number of fused-ring (bicyclic) bond motifs is 1. The maximum absolute atomic E-state index is 8.69. The molecule has 2 aromatic carbocycles. The summed E-state index contributed by atoms with van der Waals surface area (Å²) in [5.41, 5.74) is 0.694. The molecule has 0 aromatic heterocycles. The third kappa shape index (κ3) is 1.51. The highest BCUT2D eigenvalue weighted by Crippen LogP contribution is 2.19. The van der Waals surface area contributed by atoms with Crippen LogP contribution in [0.5, 0.6) is 0 Å². The van der Waals surface area contributed by atoms with E-state index in [-0.39, 0.29) is 0 Å². The molecule has 0 bridgehead atoms. The first-order valence-electron chi connectivity index (χ1n) is 3.92. The lowest BCUT2D eigenvalue weighted by molar-refractivity contribution is 1.48. The summed E-state index contributed by atoms with van der Waals surface area (Å²) in [6.45, 7) is 0. The molecule has 0 spiro atoms. The van der Waals surface area contributed by atoms with Gasteiger partial charge in [-0.3, -0.25) is 0 Å². The van der Waals surface area contributed by atoms with Crippen LogP contribution in [-0.2, 0) is 0 Å². The van der Waals surface area contributed by atoms with E-state index in [1.165, 1.54) is 0 Å². The zero-order valence-corrected chi connectivity index (χ0v) is 7.75. The Balaban J connectivity index is 2.75. The summed E-state index contributed by atoms with van der Waals surface area (Å²) in [6, 6.07) is 13.6. The minimum atomic E-state index is 0.694. The van der Waals surface area contributed by atoms with Crippen molar-refractivity contribution < 1.29 is 0 Å². The maximum Gasteiger partial charge on any atom is 0.0991 e. The fraction of sp³-hybridized carbons (Fsp3) is 0. The average Bonchev–Trinajstić information content (AvgIpc) is 2.17. The number of thiol groups is 1. The summed E-state index contributed by atoms with van der Waals surface area (Å²) in [7, 11) is 0. The molecule has 0 radical (unpaired) electrons. The molecule has 0 saturated carbocycles. The Kier molecular flexibility index (Phi) is 1.96. The van der Waals surface area contributed by atoms with Crippen LogP contribution in [0.2, 0.25) is 0 Å². The van der Waals surface area contributed by atoms with E-state index in [1.807, 2.05) is 36.4 Å². The van der Waals surface area contributed by atoms with E-state index in [0.717, 1.165) is 15.7 Å². The second-order valence-electron chi connectivity index (χ2n) is 2.86. The predicted molar refractivity (Wildman–Crippen MR) is 55.9 cm³/mol. The Hall–Kier alpha value is -1.46. The molecule has 0 atom stereocenters. The molecule has 62 valence electrons. The van der Waals surface area contributed by atoms with Crippen LogP contribution in [0.4, 0.5) is 0 Å².